The highest BCUT2D eigenvalue weighted by Crippen LogP contribution is 2.31. The SMILES string of the molecule is CC1CC(CN)CN1C(=O)CCN1c2ccccc2CCC1C. The van der Waals surface area contributed by atoms with E-state index in [4.69, 9.17) is 5.73 Å². The second-order valence-corrected chi connectivity index (χ2v) is 7.19. The van der Waals surface area contributed by atoms with Crippen LogP contribution in [0, 0.1) is 5.92 Å². The molecule has 1 amide bonds. The molecule has 4 nitrogen and oxygen atoms in total. The third-order valence-electron chi connectivity index (χ3n) is 5.55. The second-order valence-electron chi connectivity index (χ2n) is 7.19. The maximum absolute atomic E-state index is 12.6. The van der Waals surface area contributed by atoms with Gasteiger partial charge in [-0.05, 0) is 57.2 Å². The number of hydrogen-bond donors (Lipinski definition) is 1. The maximum Gasteiger partial charge on any atom is 0.224 e. The third-order valence-corrected chi connectivity index (χ3v) is 5.55. The highest BCUT2D eigenvalue weighted by molar-refractivity contribution is 5.77. The van der Waals surface area contributed by atoms with Crippen LogP contribution >= 0.6 is 0 Å². The van der Waals surface area contributed by atoms with Crippen LogP contribution in [0.2, 0.25) is 0 Å². The van der Waals surface area contributed by atoms with Crippen LogP contribution in [0.4, 0.5) is 5.69 Å². The van der Waals surface area contributed by atoms with E-state index < -0.39 is 0 Å². The van der Waals surface area contributed by atoms with Crippen LogP contribution in [-0.4, -0.2) is 42.5 Å². The predicted octanol–water partition coefficient (Wildman–Crippen LogP) is 2.41. The van der Waals surface area contributed by atoms with Gasteiger partial charge in [-0.1, -0.05) is 18.2 Å². The molecule has 3 atom stereocenters. The first-order chi connectivity index (χ1) is 11.1. The van der Waals surface area contributed by atoms with Crippen LogP contribution in [-0.2, 0) is 11.2 Å². The Balaban J connectivity index is 1.63. The first-order valence-corrected chi connectivity index (χ1v) is 8.94. The van der Waals surface area contributed by atoms with E-state index in [1.165, 1.54) is 17.7 Å². The van der Waals surface area contributed by atoms with Crippen molar-refractivity contribution in [2.75, 3.05) is 24.5 Å². The van der Waals surface area contributed by atoms with Crippen molar-refractivity contribution in [1.29, 1.82) is 0 Å². The zero-order chi connectivity index (χ0) is 16.4. The minimum Gasteiger partial charge on any atom is -0.368 e. The molecule has 0 aromatic heterocycles. The number of benzene rings is 1. The summed E-state index contributed by atoms with van der Waals surface area (Å²) < 4.78 is 0. The molecule has 0 aliphatic carbocycles. The van der Waals surface area contributed by atoms with Crippen LogP contribution in [0.15, 0.2) is 24.3 Å². The summed E-state index contributed by atoms with van der Waals surface area (Å²) in [6.07, 6.45) is 3.95. The minimum atomic E-state index is 0.281. The van der Waals surface area contributed by atoms with Crippen molar-refractivity contribution in [2.45, 2.75) is 51.6 Å². The Hall–Kier alpha value is -1.55. The highest BCUT2D eigenvalue weighted by atomic mass is 16.2. The number of likely N-dealkylation sites (tertiary alicyclic amines) is 1. The lowest BCUT2D eigenvalue weighted by Crippen LogP contribution is -2.41. The van der Waals surface area contributed by atoms with Gasteiger partial charge < -0.3 is 15.5 Å². The molecule has 3 unspecified atom stereocenters. The van der Waals surface area contributed by atoms with Gasteiger partial charge in [-0.25, -0.2) is 0 Å². The third kappa shape index (κ3) is 3.37. The van der Waals surface area contributed by atoms with Gasteiger partial charge >= 0.3 is 0 Å². The molecule has 23 heavy (non-hydrogen) atoms. The number of hydrogen-bond acceptors (Lipinski definition) is 3. The van der Waals surface area contributed by atoms with E-state index in [0.29, 0.717) is 31.0 Å². The smallest absolute Gasteiger partial charge is 0.224 e. The number of para-hydroxylation sites is 1. The average Bonchev–Trinajstić information content (AvgIpc) is 2.95. The lowest BCUT2D eigenvalue weighted by molar-refractivity contribution is -0.131. The summed E-state index contributed by atoms with van der Waals surface area (Å²) >= 11 is 0. The zero-order valence-corrected chi connectivity index (χ0v) is 14.4. The summed E-state index contributed by atoms with van der Waals surface area (Å²) in [5, 5.41) is 0. The molecule has 3 rings (SSSR count). The van der Waals surface area contributed by atoms with Crippen molar-refractivity contribution in [3.63, 3.8) is 0 Å². The number of nitrogens with two attached hydrogens (primary N) is 1. The van der Waals surface area contributed by atoms with E-state index in [-0.39, 0.29) is 5.91 Å². The fraction of sp³-hybridized carbons (Fsp3) is 0.632. The van der Waals surface area contributed by atoms with Crippen LogP contribution in [0.1, 0.15) is 38.7 Å². The molecule has 0 saturated carbocycles. The first-order valence-electron chi connectivity index (χ1n) is 8.94. The van der Waals surface area contributed by atoms with Crippen molar-refractivity contribution in [3.8, 4) is 0 Å². The van der Waals surface area contributed by atoms with Gasteiger partial charge in [0.1, 0.15) is 0 Å². The monoisotopic (exact) mass is 315 g/mol. The molecule has 0 radical (unpaired) electrons. The summed E-state index contributed by atoms with van der Waals surface area (Å²) in [5.41, 5.74) is 8.50. The van der Waals surface area contributed by atoms with Crippen LogP contribution < -0.4 is 10.6 Å². The average molecular weight is 315 g/mol. The molecule has 1 saturated heterocycles. The van der Waals surface area contributed by atoms with Gasteiger partial charge in [0.2, 0.25) is 5.91 Å². The number of rotatable bonds is 4. The molecule has 4 heteroatoms. The maximum atomic E-state index is 12.6. The summed E-state index contributed by atoms with van der Waals surface area (Å²) in [4.78, 5) is 17.1. The van der Waals surface area contributed by atoms with Crippen molar-refractivity contribution in [1.82, 2.24) is 4.90 Å². The van der Waals surface area contributed by atoms with Gasteiger partial charge in [-0.3, -0.25) is 4.79 Å². The van der Waals surface area contributed by atoms with Crippen LogP contribution in [0.5, 0.6) is 0 Å². The topological polar surface area (TPSA) is 49.6 Å². The number of carbonyl (C=O) groups is 1. The zero-order valence-electron chi connectivity index (χ0n) is 14.4. The molecule has 1 aromatic carbocycles. The normalized spacial score (nSPS) is 27.2. The second kappa shape index (κ2) is 6.91. The molecule has 1 fully saturated rings. The Morgan fingerprint density at radius 3 is 2.78 bits per heavy atom. The molecule has 0 bridgehead atoms. The molecule has 2 aliphatic rings. The lowest BCUT2D eigenvalue weighted by atomic mass is 9.96. The lowest BCUT2D eigenvalue weighted by Gasteiger charge is -2.37. The Kier molecular flexibility index (Phi) is 4.90. The Morgan fingerprint density at radius 1 is 1.26 bits per heavy atom. The molecule has 126 valence electrons. The van der Waals surface area contributed by atoms with E-state index in [0.717, 1.165) is 25.9 Å². The molecular formula is C19H29N3O. The van der Waals surface area contributed by atoms with E-state index in [2.05, 4.69) is 43.0 Å². The van der Waals surface area contributed by atoms with Crippen molar-refractivity contribution < 1.29 is 4.79 Å². The standard InChI is InChI=1S/C19H29N3O/c1-14-7-8-17-5-3-4-6-18(17)21(14)10-9-19(23)22-13-16(12-20)11-15(22)2/h3-6,14-16H,7-13,20H2,1-2H3. The number of nitrogens with zero attached hydrogens (tertiary/aromatic N) is 2. The minimum absolute atomic E-state index is 0.281. The Morgan fingerprint density at radius 2 is 2.04 bits per heavy atom. The number of carbonyl (C=O) groups excluding carboxylic acids is 1. The Labute approximate surface area is 139 Å². The number of aryl methyl sites for hydroxylation is 1. The van der Waals surface area contributed by atoms with Crippen LogP contribution in [0.3, 0.4) is 0 Å². The summed E-state index contributed by atoms with van der Waals surface area (Å²) in [7, 11) is 0. The van der Waals surface area contributed by atoms with Crippen molar-refractivity contribution in [3.05, 3.63) is 29.8 Å². The van der Waals surface area contributed by atoms with Crippen molar-refractivity contribution >= 4 is 11.6 Å². The van der Waals surface area contributed by atoms with Gasteiger partial charge in [0, 0.05) is 37.3 Å². The number of anilines is 1. The molecule has 2 N–H and O–H groups in total. The summed E-state index contributed by atoms with van der Waals surface area (Å²) in [6, 6.07) is 9.45. The molecule has 0 spiro atoms. The Bertz CT molecular complexity index is 559. The van der Waals surface area contributed by atoms with Gasteiger partial charge in [0.15, 0.2) is 0 Å². The van der Waals surface area contributed by atoms with Crippen LogP contribution in [0.25, 0.3) is 0 Å². The van der Waals surface area contributed by atoms with Crippen molar-refractivity contribution in [2.24, 2.45) is 11.7 Å². The predicted molar refractivity (Wildman–Crippen MR) is 94.5 cm³/mol. The van der Waals surface area contributed by atoms with Gasteiger partial charge in [-0.2, -0.15) is 0 Å². The largest absolute Gasteiger partial charge is 0.368 e. The molecule has 2 heterocycles. The number of fused-ring (bicyclic) bond motifs is 1. The van der Waals surface area contributed by atoms with Gasteiger partial charge in [-0.15, -0.1) is 0 Å². The van der Waals surface area contributed by atoms with E-state index in [1.807, 2.05) is 4.90 Å². The van der Waals surface area contributed by atoms with Gasteiger partial charge in [0.25, 0.3) is 0 Å². The van der Waals surface area contributed by atoms with Gasteiger partial charge in [0.05, 0.1) is 0 Å². The summed E-state index contributed by atoms with van der Waals surface area (Å²) in [5.74, 6) is 0.757. The highest BCUT2D eigenvalue weighted by Gasteiger charge is 2.32. The fourth-order valence-corrected chi connectivity index (χ4v) is 4.12. The van der Waals surface area contributed by atoms with E-state index in [9.17, 15) is 4.79 Å². The van der Waals surface area contributed by atoms with E-state index in [1.54, 1.807) is 0 Å². The summed E-state index contributed by atoms with van der Waals surface area (Å²) in [6.45, 7) is 6.75. The molecule has 2 aliphatic heterocycles. The molecule has 1 aromatic rings. The fourth-order valence-electron chi connectivity index (χ4n) is 4.12. The number of amides is 1. The first kappa shape index (κ1) is 16.3. The molecular weight excluding hydrogens is 286 g/mol. The quantitative estimate of drug-likeness (QED) is 0.928. The van der Waals surface area contributed by atoms with E-state index >= 15 is 0 Å².